The smallest absolute Gasteiger partial charge is 0.238 e. The van der Waals surface area contributed by atoms with E-state index in [1.807, 2.05) is 0 Å². The van der Waals surface area contributed by atoms with Crippen molar-refractivity contribution in [3.8, 4) is 0 Å². The van der Waals surface area contributed by atoms with Gasteiger partial charge in [-0.25, -0.2) is 13.6 Å². The SMILES string of the molecule is NS(=O)(=O)c1ccc(CCC(=O)NC2CCCOC2)cc1. The lowest BCUT2D eigenvalue weighted by Crippen LogP contribution is -2.40. The molecule has 1 aromatic rings. The topological polar surface area (TPSA) is 98.5 Å². The molecular weight excluding hydrogens is 292 g/mol. The maximum atomic E-state index is 11.8. The number of sulfonamides is 1. The van der Waals surface area contributed by atoms with Crippen molar-refractivity contribution in [1.82, 2.24) is 5.32 Å². The Balaban J connectivity index is 1.81. The van der Waals surface area contributed by atoms with Crippen molar-refractivity contribution < 1.29 is 17.9 Å². The lowest BCUT2D eigenvalue weighted by molar-refractivity contribution is -0.122. The Morgan fingerprint density at radius 3 is 2.62 bits per heavy atom. The summed E-state index contributed by atoms with van der Waals surface area (Å²) in [5.74, 6) is -0.0129. The van der Waals surface area contributed by atoms with E-state index in [0.717, 1.165) is 25.0 Å². The van der Waals surface area contributed by atoms with Crippen molar-refractivity contribution in [2.24, 2.45) is 5.14 Å². The average molecular weight is 312 g/mol. The molecule has 1 aliphatic heterocycles. The van der Waals surface area contributed by atoms with Crippen LogP contribution >= 0.6 is 0 Å². The van der Waals surface area contributed by atoms with E-state index in [1.165, 1.54) is 12.1 Å². The number of nitrogens with one attached hydrogen (secondary N) is 1. The van der Waals surface area contributed by atoms with Crippen molar-refractivity contribution >= 4 is 15.9 Å². The molecule has 0 radical (unpaired) electrons. The fourth-order valence-electron chi connectivity index (χ4n) is 2.26. The van der Waals surface area contributed by atoms with Crippen LogP contribution in [0.15, 0.2) is 29.2 Å². The molecule has 6 nitrogen and oxygen atoms in total. The number of rotatable bonds is 5. The highest BCUT2D eigenvalue weighted by molar-refractivity contribution is 7.89. The molecule has 0 saturated carbocycles. The highest BCUT2D eigenvalue weighted by Crippen LogP contribution is 2.11. The molecule has 1 aromatic carbocycles. The zero-order valence-electron chi connectivity index (χ0n) is 11.7. The van der Waals surface area contributed by atoms with Crippen LogP contribution in [0.4, 0.5) is 0 Å². The number of carbonyl (C=O) groups excluding carboxylic acids is 1. The van der Waals surface area contributed by atoms with E-state index in [4.69, 9.17) is 9.88 Å². The summed E-state index contributed by atoms with van der Waals surface area (Å²) in [6.45, 7) is 1.34. The van der Waals surface area contributed by atoms with Crippen molar-refractivity contribution in [1.29, 1.82) is 0 Å². The number of hydrogen-bond donors (Lipinski definition) is 2. The number of primary sulfonamides is 1. The number of amides is 1. The number of carbonyl (C=O) groups is 1. The molecule has 0 spiro atoms. The van der Waals surface area contributed by atoms with E-state index in [-0.39, 0.29) is 16.8 Å². The predicted molar refractivity (Wildman–Crippen MR) is 78.1 cm³/mol. The second kappa shape index (κ2) is 7.02. The van der Waals surface area contributed by atoms with Gasteiger partial charge in [0.15, 0.2) is 0 Å². The van der Waals surface area contributed by atoms with Gasteiger partial charge >= 0.3 is 0 Å². The molecule has 1 aliphatic rings. The molecule has 1 heterocycles. The minimum atomic E-state index is -3.66. The molecule has 0 aromatic heterocycles. The highest BCUT2D eigenvalue weighted by Gasteiger charge is 2.16. The summed E-state index contributed by atoms with van der Waals surface area (Å²) in [7, 11) is -3.66. The molecule has 2 rings (SSSR count). The summed E-state index contributed by atoms with van der Waals surface area (Å²) in [5.41, 5.74) is 0.900. The van der Waals surface area contributed by atoms with Crippen LogP contribution in [0.3, 0.4) is 0 Å². The quantitative estimate of drug-likeness (QED) is 0.830. The van der Waals surface area contributed by atoms with Gasteiger partial charge in [-0.05, 0) is 37.0 Å². The van der Waals surface area contributed by atoms with Crippen LogP contribution in [0.2, 0.25) is 0 Å². The Hall–Kier alpha value is -1.44. The van der Waals surface area contributed by atoms with Gasteiger partial charge in [0.2, 0.25) is 15.9 Å². The summed E-state index contributed by atoms with van der Waals surface area (Å²) in [6.07, 6.45) is 2.85. The second-order valence-electron chi connectivity index (χ2n) is 5.17. The van der Waals surface area contributed by atoms with Crippen molar-refractivity contribution in [2.75, 3.05) is 13.2 Å². The first-order chi connectivity index (χ1) is 9.95. The number of aryl methyl sites for hydroxylation is 1. The molecule has 0 aliphatic carbocycles. The number of benzene rings is 1. The van der Waals surface area contributed by atoms with E-state index in [9.17, 15) is 13.2 Å². The van der Waals surface area contributed by atoms with Crippen LogP contribution in [-0.2, 0) is 26.0 Å². The molecule has 0 bridgehead atoms. The minimum Gasteiger partial charge on any atom is -0.379 e. The van der Waals surface area contributed by atoms with Crippen LogP contribution in [0.5, 0.6) is 0 Å². The molecule has 3 N–H and O–H groups in total. The molecular formula is C14H20N2O4S. The van der Waals surface area contributed by atoms with Gasteiger partial charge in [0.1, 0.15) is 0 Å². The normalized spacial score (nSPS) is 19.2. The maximum absolute atomic E-state index is 11.8. The summed E-state index contributed by atoms with van der Waals surface area (Å²) >= 11 is 0. The number of hydrogen-bond acceptors (Lipinski definition) is 4. The standard InChI is InChI=1S/C14H20N2O4S/c15-21(18,19)13-6-3-11(4-7-13)5-8-14(17)16-12-2-1-9-20-10-12/h3-4,6-7,12H,1-2,5,8-10H2,(H,16,17)(H2,15,18,19). The molecule has 1 saturated heterocycles. The third-order valence-electron chi connectivity index (χ3n) is 3.42. The van der Waals surface area contributed by atoms with Crippen molar-refractivity contribution in [2.45, 2.75) is 36.6 Å². The average Bonchev–Trinajstić information content (AvgIpc) is 2.46. The zero-order chi connectivity index (χ0) is 15.3. The summed E-state index contributed by atoms with van der Waals surface area (Å²) in [6, 6.07) is 6.37. The Labute approximate surface area is 124 Å². The van der Waals surface area contributed by atoms with Gasteiger partial charge < -0.3 is 10.1 Å². The van der Waals surface area contributed by atoms with E-state index >= 15 is 0 Å². The lowest BCUT2D eigenvalue weighted by atomic mass is 10.1. The van der Waals surface area contributed by atoms with Crippen LogP contribution < -0.4 is 10.5 Å². The van der Waals surface area contributed by atoms with Crippen molar-refractivity contribution in [3.63, 3.8) is 0 Å². The Bertz CT molecular complexity index is 577. The van der Waals surface area contributed by atoms with Gasteiger partial charge in [-0.2, -0.15) is 0 Å². The molecule has 21 heavy (non-hydrogen) atoms. The molecule has 7 heteroatoms. The summed E-state index contributed by atoms with van der Waals surface area (Å²) in [4.78, 5) is 11.9. The third-order valence-corrected chi connectivity index (χ3v) is 4.35. The first kappa shape index (κ1) is 15.9. The van der Waals surface area contributed by atoms with Crippen molar-refractivity contribution in [3.05, 3.63) is 29.8 Å². The Morgan fingerprint density at radius 2 is 2.05 bits per heavy atom. The fourth-order valence-corrected chi connectivity index (χ4v) is 2.77. The second-order valence-corrected chi connectivity index (χ2v) is 6.73. The van der Waals surface area contributed by atoms with E-state index in [2.05, 4.69) is 5.32 Å². The molecule has 116 valence electrons. The summed E-state index contributed by atoms with van der Waals surface area (Å²) < 4.78 is 27.6. The van der Waals surface area contributed by atoms with Gasteiger partial charge in [-0.1, -0.05) is 12.1 Å². The largest absolute Gasteiger partial charge is 0.379 e. The Morgan fingerprint density at radius 1 is 1.33 bits per heavy atom. The molecule has 1 amide bonds. The Kier molecular flexibility index (Phi) is 5.33. The fraction of sp³-hybridized carbons (Fsp3) is 0.500. The first-order valence-electron chi connectivity index (χ1n) is 6.94. The van der Waals surface area contributed by atoms with Gasteiger partial charge in [-0.3, -0.25) is 4.79 Å². The van der Waals surface area contributed by atoms with Crippen LogP contribution in [0.25, 0.3) is 0 Å². The van der Waals surface area contributed by atoms with Gasteiger partial charge in [0.25, 0.3) is 0 Å². The molecule has 1 unspecified atom stereocenters. The van der Waals surface area contributed by atoms with Gasteiger partial charge in [-0.15, -0.1) is 0 Å². The van der Waals surface area contributed by atoms with E-state index in [1.54, 1.807) is 12.1 Å². The van der Waals surface area contributed by atoms with Crippen LogP contribution in [0, 0.1) is 0 Å². The predicted octanol–water partition coefficient (Wildman–Crippen LogP) is 0.562. The first-order valence-corrected chi connectivity index (χ1v) is 8.48. The third kappa shape index (κ3) is 5.11. The number of nitrogens with two attached hydrogens (primary N) is 1. The van der Waals surface area contributed by atoms with Crippen LogP contribution in [0.1, 0.15) is 24.8 Å². The maximum Gasteiger partial charge on any atom is 0.238 e. The molecule has 1 atom stereocenters. The molecule has 1 fully saturated rings. The van der Waals surface area contributed by atoms with E-state index in [0.29, 0.717) is 19.4 Å². The van der Waals surface area contributed by atoms with Gasteiger partial charge in [0.05, 0.1) is 17.5 Å². The number of ether oxygens (including phenoxy) is 1. The van der Waals surface area contributed by atoms with Gasteiger partial charge in [0, 0.05) is 13.0 Å². The lowest BCUT2D eigenvalue weighted by Gasteiger charge is -2.23. The highest BCUT2D eigenvalue weighted by atomic mass is 32.2. The van der Waals surface area contributed by atoms with E-state index < -0.39 is 10.0 Å². The minimum absolute atomic E-state index is 0.0129. The zero-order valence-corrected chi connectivity index (χ0v) is 12.6. The van der Waals surface area contributed by atoms with Crippen LogP contribution in [-0.4, -0.2) is 33.6 Å². The summed E-state index contributed by atoms with van der Waals surface area (Å²) in [5, 5.41) is 7.97. The monoisotopic (exact) mass is 312 g/mol.